The third-order valence-corrected chi connectivity index (χ3v) is 7.95. The molecule has 2 heterocycles. The van der Waals surface area contributed by atoms with Crippen molar-refractivity contribution in [2.45, 2.75) is 36.3 Å². The first-order valence-electron chi connectivity index (χ1n) is 9.76. The van der Waals surface area contributed by atoms with Crippen molar-refractivity contribution in [3.8, 4) is 0 Å². The van der Waals surface area contributed by atoms with Crippen molar-refractivity contribution in [3.63, 3.8) is 0 Å². The summed E-state index contributed by atoms with van der Waals surface area (Å²) in [7, 11) is -3.90. The van der Waals surface area contributed by atoms with Crippen LogP contribution in [0.5, 0.6) is 0 Å². The molecule has 156 valence electrons. The summed E-state index contributed by atoms with van der Waals surface area (Å²) in [6, 6.07) is 9.39. The molecule has 0 saturated heterocycles. The molecular formula is C20H20N4O5S. The molecule has 0 radical (unpaired) electrons. The van der Waals surface area contributed by atoms with E-state index < -0.39 is 21.1 Å². The number of hydrogen-bond donors (Lipinski definition) is 2. The first-order chi connectivity index (χ1) is 14.4. The van der Waals surface area contributed by atoms with Crippen LogP contribution in [-0.2, 0) is 10.0 Å². The van der Waals surface area contributed by atoms with Crippen LogP contribution in [-0.4, -0.2) is 39.5 Å². The lowest BCUT2D eigenvalue weighted by atomic mass is 9.92. The van der Waals surface area contributed by atoms with Crippen LogP contribution < -0.4 is 5.32 Å². The van der Waals surface area contributed by atoms with Gasteiger partial charge in [-0.05, 0) is 43.4 Å². The molecule has 2 aliphatic rings. The van der Waals surface area contributed by atoms with Crippen molar-refractivity contribution in [3.05, 3.63) is 58.9 Å². The Labute approximate surface area is 172 Å². The van der Waals surface area contributed by atoms with Crippen LogP contribution in [0, 0.1) is 22.0 Å². The van der Waals surface area contributed by atoms with Gasteiger partial charge in [0, 0.05) is 18.2 Å². The molecule has 10 heteroatoms. The van der Waals surface area contributed by atoms with Crippen LogP contribution >= 0.6 is 0 Å². The van der Waals surface area contributed by atoms with Crippen molar-refractivity contribution in [1.82, 2.24) is 8.96 Å². The summed E-state index contributed by atoms with van der Waals surface area (Å²) in [6.45, 7) is 0. The maximum Gasteiger partial charge on any atom is 0.311 e. The fourth-order valence-electron chi connectivity index (χ4n) is 4.91. The Balaban J connectivity index is 1.62. The van der Waals surface area contributed by atoms with Gasteiger partial charge in [0.2, 0.25) is 0 Å². The zero-order chi connectivity index (χ0) is 21.0. The Bertz CT molecular complexity index is 1240. The quantitative estimate of drug-likeness (QED) is 0.472. The van der Waals surface area contributed by atoms with Crippen molar-refractivity contribution >= 4 is 32.4 Å². The van der Waals surface area contributed by atoms with Crippen LogP contribution in [0.1, 0.15) is 19.3 Å². The number of anilines is 1. The van der Waals surface area contributed by atoms with Gasteiger partial charge in [-0.3, -0.25) is 10.1 Å². The predicted molar refractivity (Wildman–Crippen MR) is 110 cm³/mol. The lowest BCUT2D eigenvalue weighted by molar-refractivity contribution is -0.384. The molecule has 0 unspecified atom stereocenters. The molecule has 3 aromatic rings. The molecular weight excluding hydrogens is 408 g/mol. The Morgan fingerprint density at radius 1 is 1.17 bits per heavy atom. The number of nitrogens with one attached hydrogen (secondary N) is 1. The summed E-state index contributed by atoms with van der Waals surface area (Å²) in [4.78, 5) is 15.3. The third kappa shape index (κ3) is 2.86. The lowest BCUT2D eigenvalue weighted by Gasteiger charge is -2.27. The highest BCUT2D eigenvalue weighted by atomic mass is 32.2. The number of benzene rings is 1. The van der Waals surface area contributed by atoms with E-state index in [-0.39, 0.29) is 33.9 Å². The van der Waals surface area contributed by atoms with Crippen molar-refractivity contribution < 1.29 is 18.4 Å². The SMILES string of the molecule is O=[N+]([O-])c1cnc2c(ccn2S(=O)(=O)c2ccccc2)c1N[C@@H]1C[C@@H]2C[C@H]1[C@H](O)C2. The molecule has 5 rings (SSSR count). The highest BCUT2D eigenvalue weighted by Gasteiger charge is 2.46. The topological polar surface area (TPSA) is 127 Å². The summed E-state index contributed by atoms with van der Waals surface area (Å²) >= 11 is 0. The molecule has 0 aliphatic heterocycles. The van der Waals surface area contributed by atoms with Crippen LogP contribution in [0.3, 0.4) is 0 Å². The summed E-state index contributed by atoms with van der Waals surface area (Å²) in [5.41, 5.74) is 0.155. The average Bonchev–Trinajstić information content (AvgIpc) is 3.42. The summed E-state index contributed by atoms with van der Waals surface area (Å²) in [6.07, 6.45) is 4.52. The van der Waals surface area contributed by atoms with E-state index in [0.717, 1.165) is 29.4 Å². The second-order valence-corrected chi connectivity index (χ2v) is 9.81. The molecule has 2 aromatic heterocycles. The van der Waals surface area contributed by atoms with Crippen LogP contribution in [0.25, 0.3) is 11.0 Å². The molecule has 2 fully saturated rings. The van der Waals surface area contributed by atoms with Gasteiger partial charge in [-0.25, -0.2) is 17.4 Å². The van der Waals surface area contributed by atoms with E-state index in [1.165, 1.54) is 24.4 Å². The number of aliphatic hydroxyl groups is 1. The maximum atomic E-state index is 13.1. The summed E-state index contributed by atoms with van der Waals surface area (Å²) < 4.78 is 27.2. The van der Waals surface area contributed by atoms with Crippen molar-refractivity contribution in [2.24, 2.45) is 11.8 Å². The number of rotatable bonds is 5. The molecule has 9 nitrogen and oxygen atoms in total. The fraction of sp³-hybridized carbons (Fsp3) is 0.350. The van der Waals surface area contributed by atoms with Crippen LogP contribution in [0.4, 0.5) is 11.4 Å². The Hall–Kier alpha value is -2.98. The van der Waals surface area contributed by atoms with Gasteiger partial charge in [-0.15, -0.1) is 0 Å². The van der Waals surface area contributed by atoms with E-state index in [9.17, 15) is 23.6 Å². The Kier molecular flexibility index (Phi) is 4.30. The molecule has 4 atom stereocenters. The number of fused-ring (bicyclic) bond motifs is 3. The van der Waals surface area contributed by atoms with Gasteiger partial charge in [0.25, 0.3) is 10.0 Å². The number of nitro groups is 1. The van der Waals surface area contributed by atoms with Crippen molar-refractivity contribution in [2.75, 3.05) is 5.32 Å². The second kappa shape index (κ2) is 6.78. The van der Waals surface area contributed by atoms with E-state index >= 15 is 0 Å². The highest BCUT2D eigenvalue weighted by molar-refractivity contribution is 7.90. The average molecular weight is 428 g/mol. The second-order valence-electron chi connectivity index (χ2n) is 8.00. The minimum atomic E-state index is -3.90. The van der Waals surface area contributed by atoms with Gasteiger partial charge < -0.3 is 10.4 Å². The van der Waals surface area contributed by atoms with E-state index in [1.54, 1.807) is 18.2 Å². The Morgan fingerprint density at radius 2 is 1.93 bits per heavy atom. The first-order valence-corrected chi connectivity index (χ1v) is 11.2. The van der Waals surface area contributed by atoms with Gasteiger partial charge in [-0.2, -0.15) is 0 Å². The summed E-state index contributed by atoms with van der Waals surface area (Å²) in [5.74, 6) is 0.440. The van der Waals surface area contributed by atoms with Gasteiger partial charge in [0.15, 0.2) is 5.65 Å². The summed E-state index contributed by atoms with van der Waals surface area (Å²) in [5, 5.41) is 25.5. The monoisotopic (exact) mass is 428 g/mol. The molecule has 2 aliphatic carbocycles. The number of pyridine rings is 1. The van der Waals surface area contributed by atoms with Gasteiger partial charge >= 0.3 is 5.69 Å². The van der Waals surface area contributed by atoms with Crippen molar-refractivity contribution in [1.29, 1.82) is 0 Å². The minimum absolute atomic E-state index is 0.0351. The van der Waals surface area contributed by atoms with E-state index in [0.29, 0.717) is 11.3 Å². The van der Waals surface area contributed by atoms with Crippen LogP contribution in [0.15, 0.2) is 53.7 Å². The molecule has 0 spiro atoms. The third-order valence-electron chi connectivity index (χ3n) is 6.27. The minimum Gasteiger partial charge on any atom is -0.393 e. The Morgan fingerprint density at radius 3 is 2.60 bits per heavy atom. The zero-order valence-corrected chi connectivity index (χ0v) is 16.7. The number of nitrogens with zero attached hydrogens (tertiary/aromatic N) is 3. The standard InChI is InChI=1S/C20H20N4O5S/c25-18-10-12-8-15(18)16(9-12)22-19-14-6-7-23(20(14)21-11-17(19)24(26)27)30(28,29)13-4-2-1-3-5-13/h1-7,11-12,15-16,18,25H,8-10H2,(H,21,22)/t12-,15+,16+,18+/m0/s1. The van der Waals surface area contributed by atoms with E-state index in [2.05, 4.69) is 10.3 Å². The normalized spacial score (nSPS) is 25.6. The van der Waals surface area contributed by atoms with Gasteiger partial charge in [-0.1, -0.05) is 18.2 Å². The maximum absolute atomic E-state index is 13.1. The highest BCUT2D eigenvalue weighted by Crippen LogP contribution is 2.47. The van der Waals surface area contributed by atoms with E-state index in [4.69, 9.17) is 0 Å². The molecule has 1 aromatic carbocycles. The molecule has 2 N–H and O–H groups in total. The zero-order valence-electron chi connectivity index (χ0n) is 15.9. The molecule has 2 bridgehead atoms. The molecule has 30 heavy (non-hydrogen) atoms. The lowest BCUT2D eigenvalue weighted by Crippen LogP contribution is -2.34. The smallest absolute Gasteiger partial charge is 0.311 e. The van der Waals surface area contributed by atoms with Gasteiger partial charge in [0.05, 0.1) is 21.3 Å². The van der Waals surface area contributed by atoms with Gasteiger partial charge in [0.1, 0.15) is 11.9 Å². The first kappa shape index (κ1) is 19.0. The number of hydrogen-bond acceptors (Lipinski definition) is 7. The van der Waals surface area contributed by atoms with E-state index in [1.807, 2.05) is 0 Å². The largest absolute Gasteiger partial charge is 0.393 e. The molecule has 2 saturated carbocycles. The van der Waals surface area contributed by atoms with Crippen LogP contribution in [0.2, 0.25) is 0 Å². The fourth-order valence-corrected chi connectivity index (χ4v) is 6.23. The predicted octanol–water partition coefficient (Wildman–Crippen LogP) is 2.75. The number of aliphatic hydroxyl groups excluding tert-OH is 1. The molecule has 0 amide bonds. The number of aromatic nitrogens is 2.